The zero-order chi connectivity index (χ0) is 7.28. The van der Waals surface area contributed by atoms with Gasteiger partial charge in [0, 0.05) is 6.54 Å². The van der Waals surface area contributed by atoms with E-state index in [4.69, 9.17) is 5.73 Å². The number of esters is 1. The van der Waals surface area contributed by atoms with Crippen molar-refractivity contribution in [3.8, 4) is 0 Å². The summed E-state index contributed by atoms with van der Waals surface area (Å²) in [5.41, 5.74) is 5.20. The first-order chi connectivity index (χ1) is 4.22. The topological polar surface area (TPSA) is 52.3 Å². The van der Waals surface area contributed by atoms with Crippen LogP contribution in [0.25, 0.3) is 0 Å². The summed E-state index contributed by atoms with van der Waals surface area (Å²) >= 11 is 0. The Balaban J connectivity index is 0. The third kappa shape index (κ3) is 4.58. The standard InChI is InChI=1S/C6H13NO2.ClH/c1-3-9-6(8)5(2)4-7;/h5H,3-4,7H2,1-2H3;1H/t5-;/m1./s1. The molecule has 0 aliphatic carbocycles. The number of halogens is 1. The van der Waals surface area contributed by atoms with E-state index in [1.807, 2.05) is 0 Å². The molecule has 0 aromatic rings. The van der Waals surface area contributed by atoms with E-state index in [1.54, 1.807) is 13.8 Å². The first-order valence-electron chi connectivity index (χ1n) is 3.09. The largest absolute Gasteiger partial charge is 0.466 e. The molecular formula is C6H14ClNO2. The highest BCUT2D eigenvalue weighted by Gasteiger charge is 2.09. The van der Waals surface area contributed by atoms with E-state index < -0.39 is 0 Å². The zero-order valence-corrected chi connectivity index (χ0v) is 7.11. The van der Waals surface area contributed by atoms with Crippen molar-refractivity contribution in [2.24, 2.45) is 11.7 Å². The van der Waals surface area contributed by atoms with E-state index in [-0.39, 0.29) is 24.3 Å². The first-order valence-corrected chi connectivity index (χ1v) is 3.09. The van der Waals surface area contributed by atoms with Crippen LogP contribution in [0.2, 0.25) is 0 Å². The van der Waals surface area contributed by atoms with Crippen molar-refractivity contribution in [1.82, 2.24) is 0 Å². The molecule has 0 rings (SSSR count). The highest BCUT2D eigenvalue weighted by Crippen LogP contribution is 1.93. The fraction of sp³-hybridized carbons (Fsp3) is 0.833. The second kappa shape index (κ2) is 6.83. The van der Waals surface area contributed by atoms with Crippen molar-refractivity contribution in [3.63, 3.8) is 0 Å². The van der Waals surface area contributed by atoms with Crippen molar-refractivity contribution in [1.29, 1.82) is 0 Å². The predicted octanol–water partition coefficient (Wildman–Crippen LogP) is 0.566. The molecule has 0 spiro atoms. The van der Waals surface area contributed by atoms with E-state index in [1.165, 1.54) is 0 Å². The first kappa shape index (κ1) is 12.4. The summed E-state index contributed by atoms with van der Waals surface area (Å²) in [6, 6.07) is 0. The molecule has 0 heterocycles. The van der Waals surface area contributed by atoms with Crippen LogP contribution in [-0.2, 0) is 9.53 Å². The van der Waals surface area contributed by atoms with Gasteiger partial charge in [0.2, 0.25) is 0 Å². The number of nitrogens with two attached hydrogens (primary N) is 1. The van der Waals surface area contributed by atoms with Crippen LogP contribution in [-0.4, -0.2) is 19.1 Å². The molecule has 1 atom stereocenters. The number of hydrogen-bond donors (Lipinski definition) is 1. The van der Waals surface area contributed by atoms with Crippen molar-refractivity contribution >= 4 is 18.4 Å². The lowest BCUT2D eigenvalue weighted by molar-refractivity contribution is -0.146. The van der Waals surface area contributed by atoms with Crippen molar-refractivity contribution in [2.45, 2.75) is 13.8 Å². The van der Waals surface area contributed by atoms with Crippen LogP contribution in [0.5, 0.6) is 0 Å². The Morgan fingerprint density at radius 1 is 1.70 bits per heavy atom. The van der Waals surface area contributed by atoms with Gasteiger partial charge in [-0.1, -0.05) is 6.92 Å². The highest BCUT2D eigenvalue weighted by molar-refractivity contribution is 5.85. The van der Waals surface area contributed by atoms with Crippen LogP contribution >= 0.6 is 12.4 Å². The lowest BCUT2D eigenvalue weighted by atomic mass is 10.2. The maximum atomic E-state index is 10.7. The molecule has 10 heavy (non-hydrogen) atoms. The second-order valence-electron chi connectivity index (χ2n) is 1.89. The molecule has 0 bridgehead atoms. The molecule has 3 nitrogen and oxygen atoms in total. The minimum absolute atomic E-state index is 0. The average molecular weight is 168 g/mol. The number of carbonyl (C=O) groups excluding carboxylic acids is 1. The Bertz CT molecular complexity index is 97.7. The van der Waals surface area contributed by atoms with Crippen molar-refractivity contribution < 1.29 is 9.53 Å². The molecule has 0 unspecified atom stereocenters. The van der Waals surface area contributed by atoms with E-state index in [9.17, 15) is 4.79 Å². The quantitative estimate of drug-likeness (QED) is 0.626. The van der Waals surface area contributed by atoms with Gasteiger partial charge in [0.1, 0.15) is 0 Å². The SMILES string of the molecule is CCOC(=O)[C@H](C)CN.Cl. The van der Waals surface area contributed by atoms with Crippen molar-refractivity contribution in [2.75, 3.05) is 13.2 Å². The third-order valence-corrected chi connectivity index (χ3v) is 1.04. The van der Waals surface area contributed by atoms with E-state index in [0.717, 1.165) is 0 Å². The van der Waals surface area contributed by atoms with Gasteiger partial charge >= 0.3 is 5.97 Å². The lowest BCUT2D eigenvalue weighted by Gasteiger charge is -2.05. The van der Waals surface area contributed by atoms with Crippen LogP contribution in [0.4, 0.5) is 0 Å². The van der Waals surface area contributed by atoms with Gasteiger partial charge in [-0.2, -0.15) is 0 Å². The minimum Gasteiger partial charge on any atom is -0.466 e. The van der Waals surface area contributed by atoms with Gasteiger partial charge in [0.25, 0.3) is 0 Å². The molecular weight excluding hydrogens is 154 g/mol. The van der Waals surface area contributed by atoms with Gasteiger partial charge in [-0.25, -0.2) is 0 Å². The third-order valence-electron chi connectivity index (χ3n) is 1.04. The number of carbonyl (C=O) groups is 1. The molecule has 0 aromatic carbocycles. The van der Waals surface area contributed by atoms with Gasteiger partial charge < -0.3 is 10.5 Å². The molecule has 0 radical (unpaired) electrons. The van der Waals surface area contributed by atoms with Crippen LogP contribution < -0.4 is 5.73 Å². The van der Waals surface area contributed by atoms with Crippen LogP contribution in [0.15, 0.2) is 0 Å². The molecule has 0 aliphatic rings. The lowest BCUT2D eigenvalue weighted by Crippen LogP contribution is -2.22. The molecule has 0 saturated heterocycles. The van der Waals surface area contributed by atoms with Gasteiger partial charge in [0.15, 0.2) is 0 Å². The van der Waals surface area contributed by atoms with Gasteiger partial charge in [-0.3, -0.25) is 4.79 Å². The Hall–Kier alpha value is -0.280. The average Bonchev–Trinajstić information content (AvgIpc) is 1.87. The summed E-state index contributed by atoms with van der Waals surface area (Å²) in [4.78, 5) is 10.7. The monoisotopic (exact) mass is 167 g/mol. The fourth-order valence-corrected chi connectivity index (χ4v) is 0.381. The maximum absolute atomic E-state index is 10.7. The van der Waals surface area contributed by atoms with Crippen molar-refractivity contribution in [3.05, 3.63) is 0 Å². The molecule has 0 saturated carbocycles. The number of ether oxygens (including phenoxy) is 1. The summed E-state index contributed by atoms with van der Waals surface area (Å²) in [7, 11) is 0. The summed E-state index contributed by atoms with van der Waals surface area (Å²) in [5, 5.41) is 0. The molecule has 0 fully saturated rings. The fourth-order valence-electron chi connectivity index (χ4n) is 0.381. The Labute approximate surface area is 67.3 Å². The summed E-state index contributed by atoms with van der Waals surface area (Å²) in [6.07, 6.45) is 0. The van der Waals surface area contributed by atoms with Gasteiger partial charge in [0.05, 0.1) is 12.5 Å². The maximum Gasteiger partial charge on any atom is 0.309 e. The zero-order valence-electron chi connectivity index (χ0n) is 6.29. The summed E-state index contributed by atoms with van der Waals surface area (Å²) in [6.45, 7) is 4.32. The molecule has 2 N–H and O–H groups in total. The molecule has 4 heteroatoms. The molecule has 0 aliphatic heterocycles. The minimum atomic E-state index is -0.208. The van der Waals surface area contributed by atoms with Crippen LogP contribution in [0.3, 0.4) is 0 Å². The van der Waals surface area contributed by atoms with Gasteiger partial charge in [-0.05, 0) is 6.92 Å². The summed E-state index contributed by atoms with van der Waals surface area (Å²) in [5.74, 6) is -0.370. The number of rotatable bonds is 3. The van der Waals surface area contributed by atoms with E-state index in [0.29, 0.717) is 13.2 Å². The Kier molecular flexibility index (Phi) is 8.48. The Morgan fingerprint density at radius 3 is 2.50 bits per heavy atom. The van der Waals surface area contributed by atoms with Gasteiger partial charge in [-0.15, -0.1) is 12.4 Å². The highest BCUT2D eigenvalue weighted by atomic mass is 35.5. The molecule has 62 valence electrons. The predicted molar refractivity (Wildman–Crippen MR) is 42.1 cm³/mol. The number of hydrogen-bond acceptors (Lipinski definition) is 3. The van der Waals surface area contributed by atoms with E-state index in [2.05, 4.69) is 4.74 Å². The molecule has 0 amide bonds. The smallest absolute Gasteiger partial charge is 0.309 e. The Morgan fingerprint density at radius 2 is 2.20 bits per heavy atom. The molecule has 0 aromatic heterocycles. The van der Waals surface area contributed by atoms with Crippen LogP contribution in [0, 0.1) is 5.92 Å². The van der Waals surface area contributed by atoms with E-state index >= 15 is 0 Å². The van der Waals surface area contributed by atoms with Crippen LogP contribution in [0.1, 0.15) is 13.8 Å². The second-order valence-corrected chi connectivity index (χ2v) is 1.89. The summed E-state index contributed by atoms with van der Waals surface area (Å²) < 4.78 is 4.68. The normalized spacial score (nSPS) is 11.5.